The Hall–Kier alpha value is -2.58. The van der Waals surface area contributed by atoms with E-state index in [0.29, 0.717) is 0 Å². The van der Waals surface area contributed by atoms with Gasteiger partial charge in [-0.15, -0.1) is 5.10 Å². The first-order valence-electron chi connectivity index (χ1n) is 5.85. The van der Waals surface area contributed by atoms with E-state index in [9.17, 15) is 22.8 Å². The zero-order chi connectivity index (χ0) is 15.6. The van der Waals surface area contributed by atoms with Crippen molar-refractivity contribution in [3.8, 4) is 0 Å². The van der Waals surface area contributed by atoms with Crippen molar-refractivity contribution in [1.82, 2.24) is 9.78 Å². The third kappa shape index (κ3) is 2.81. The highest BCUT2D eigenvalue weighted by Crippen LogP contribution is 2.33. The number of rotatable bonds is 3. The lowest BCUT2D eigenvalue weighted by atomic mass is 10.1. The summed E-state index contributed by atoms with van der Waals surface area (Å²) in [6.07, 6.45) is -5.13. The van der Waals surface area contributed by atoms with Gasteiger partial charge in [-0.1, -0.05) is 0 Å². The molecule has 0 saturated carbocycles. The van der Waals surface area contributed by atoms with Crippen LogP contribution >= 0.6 is 0 Å². The molecule has 1 aromatic heterocycles. The summed E-state index contributed by atoms with van der Waals surface area (Å²) in [4.78, 5) is 22.2. The standard InChI is InChI=1S/C12H10F3N3O3/c1-2-21-11(20)18-9-4-3-7(12(13,14)15)5-8(9)10(17-18)16-6-19/h3-6H,2H2,1H3,(H,16,17,19). The molecule has 21 heavy (non-hydrogen) atoms. The molecule has 0 aliphatic rings. The third-order valence-electron chi connectivity index (χ3n) is 2.64. The summed E-state index contributed by atoms with van der Waals surface area (Å²) in [6.45, 7) is 1.66. The zero-order valence-electron chi connectivity index (χ0n) is 10.8. The molecule has 2 aromatic rings. The molecule has 0 unspecified atom stereocenters. The summed E-state index contributed by atoms with van der Waals surface area (Å²) in [7, 11) is 0. The van der Waals surface area contributed by atoms with E-state index in [4.69, 9.17) is 4.74 Å². The minimum Gasteiger partial charge on any atom is -0.448 e. The first kappa shape index (κ1) is 14.8. The summed E-state index contributed by atoms with van der Waals surface area (Å²) >= 11 is 0. The topological polar surface area (TPSA) is 73.2 Å². The lowest BCUT2D eigenvalue weighted by molar-refractivity contribution is -0.137. The van der Waals surface area contributed by atoms with E-state index in [1.54, 1.807) is 6.92 Å². The number of nitrogens with zero attached hydrogens (tertiary/aromatic N) is 2. The Balaban J connectivity index is 2.63. The van der Waals surface area contributed by atoms with Crippen LogP contribution in [0.4, 0.5) is 23.8 Å². The van der Waals surface area contributed by atoms with Crippen molar-refractivity contribution in [1.29, 1.82) is 0 Å². The number of alkyl halides is 3. The van der Waals surface area contributed by atoms with E-state index in [1.807, 2.05) is 0 Å². The first-order chi connectivity index (χ1) is 9.88. The van der Waals surface area contributed by atoms with Gasteiger partial charge in [-0.3, -0.25) is 4.79 Å². The van der Waals surface area contributed by atoms with Crippen LogP contribution in [0.1, 0.15) is 12.5 Å². The minimum atomic E-state index is -4.54. The van der Waals surface area contributed by atoms with Gasteiger partial charge in [-0.25, -0.2) is 4.79 Å². The highest BCUT2D eigenvalue weighted by atomic mass is 19.4. The van der Waals surface area contributed by atoms with Gasteiger partial charge in [0, 0.05) is 5.39 Å². The second-order valence-corrected chi connectivity index (χ2v) is 3.95. The molecular weight excluding hydrogens is 291 g/mol. The molecule has 0 spiro atoms. The van der Waals surface area contributed by atoms with E-state index in [-0.39, 0.29) is 29.7 Å². The fraction of sp³-hybridized carbons (Fsp3) is 0.250. The number of benzene rings is 1. The lowest BCUT2D eigenvalue weighted by Gasteiger charge is -2.06. The van der Waals surface area contributed by atoms with Gasteiger partial charge in [0.25, 0.3) is 0 Å². The predicted octanol–water partition coefficient (Wildman–Crippen LogP) is 2.63. The number of carbonyl (C=O) groups excluding carboxylic acids is 2. The van der Waals surface area contributed by atoms with Gasteiger partial charge < -0.3 is 10.1 Å². The van der Waals surface area contributed by atoms with Crippen molar-refractivity contribution in [3.63, 3.8) is 0 Å². The minimum absolute atomic E-state index is 0.00928. The average molecular weight is 301 g/mol. The summed E-state index contributed by atoms with van der Waals surface area (Å²) in [5.41, 5.74) is -0.807. The number of ether oxygens (including phenoxy) is 1. The van der Waals surface area contributed by atoms with E-state index in [2.05, 4.69) is 10.4 Å². The summed E-state index contributed by atoms with van der Waals surface area (Å²) in [6, 6.07) is 2.73. The largest absolute Gasteiger partial charge is 0.448 e. The number of nitrogens with one attached hydrogen (secondary N) is 1. The Kier molecular flexibility index (Phi) is 3.83. The molecule has 1 aromatic carbocycles. The van der Waals surface area contributed by atoms with Crippen LogP contribution in [0.3, 0.4) is 0 Å². The molecule has 0 fully saturated rings. The number of fused-ring (bicyclic) bond motifs is 1. The van der Waals surface area contributed by atoms with Crippen molar-refractivity contribution in [2.24, 2.45) is 0 Å². The van der Waals surface area contributed by atoms with Crippen LogP contribution in [0.15, 0.2) is 18.2 Å². The monoisotopic (exact) mass is 301 g/mol. The number of halogens is 3. The number of hydrogen-bond acceptors (Lipinski definition) is 4. The third-order valence-corrected chi connectivity index (χ3v) is 2.64. The fourth-order valence-electron chi connectivity index (χ4n) is 1.78. The van der Waals surface area contributed by atoms with Gasteiger partial charge in [0.15, 0.2) is 5.82 Å². The number of carbonyl (C=O) groups is 2. The van der Waals surface area contributed by atoms with Crippen LogP contribution in [-0.4, -0.2) is 28.9 Å². The van der Waals surface area contributed by atoms with E-state index in [0.717, 1.165) is 22.9 Å². The van der Waals surface area contributed by atoms with E-state index < -0.39 is 17.8 Å². The van der Waals surface area contributed by atoms with Crippen LogP contribution in [-0.2, 0) is 15.7 Å². The maximum absolute atomic E-state index is 12.7. The zero-order valence-corrected chi connectivity index (χ0v) is 10.8. The molecule has 9 heteroatoms. The van der Waals surface area contributed by atoms with E-state index >= 15 is 0 Å². The molecule has 0 saturated heterocycles. The molecule has 1 N–H and O–H groups in total. The fourth-order valence-corrected chi connectivity index (χ4v) is 1.78. The molecule has 6 nitrogen and oxygen atoms in total. The Bertz CT molecular complexity index is 694. The van der Waals surface area contributed by atoms with Crippen molar-refractivity contribution in [2.45, 2.75) is 13.1 Å². The van der Waals surface area contributed by atoms with Crippen LogP contribution in [0.5, 0.6) is 0 Å². The molecule has 0 radical (unpaired) electrons. The second kappa shape index (κ2) is 5.43. The molecule has 0 aliphatic carbocycles. The maximum atomic E-state index is 12.7. The molecule has 112 valence electrons. The van der Waals surface area contributed by atoms with Crippen molar-refractivity contribution in [3.05, 3.63) is 23.8 Å². The van der Waals surface area contributed by atoms with Gasteiger partial charge in [-0.2, -0.15) is 17.9 Å². The molecular formula is C12H10F3N3O3. The average Bonchev–Trinajstić information content (AvgIpc) is 2.77. The van der Waals surface area contributed by atoms with Crippen molar-refractivity contribution >= 4 is 29.2 Å². The molecule has 0 atom stereocenters. The highest BCUT2D eigenvalue weighted by molar-refractivity contribution is 5.98. The smallest absolute Gasteiger partial charge is 0.435 e. The number of amides is 1. The number of anilines is 1. The second-order valence-electron chi connectivity index (χ2n) is 3.95. The Labute approximate surface area is 116 Å². The van der Waals surface area contributed by atoms with Crippen LogP contribution in [0.2, 0.25) is 0 Å². The summed E-state index contributed by atoms with van der Waals surface area (Å²) in [5.74, 6) is -0.154. The summed E-state index contributed by atoms with van der Waals surface area (Å²) < 4.78 is 43.7. The molecule has 0 aliphatic heterocycles. The Morgan fingerprint density at radius 3 is 2.76 bits per heavy atom. The van der Waals surface area contributed by atoms with E-state index in [1.165, 1.54) is 0 Å². The quantitative estimate of drug-likeness (QED) is 0.884. The summed E-state index contributed by atoms with van der Waals surface area (Å²) in [5, 5.41) is 5.90. The first-order valence-corrected chi connectivity index (χ1v) is 5.85. The van der Waals surface area contributed by atoms with Gasteiger partial charge in [0.05, 0.1) is 17.7 Å². The predicted molar refractivity (Wildman–Crippen MR) is 66.8 cm³/mol. The maximum Gasteiger partial charge on any atom is 0.435 e. The Morgan fingerprint density at radius 2 is 2.19 bits per heavy atom. The number of aromatic nitrogens is 2. The molecule has 0 bridgehead atoms. The van der Waals surface area contributed by atoms with Gasteiger partial charge in [0.2, 0.25) is 6.41 Å². The van der Waals surface area contributed by atoms with Crippen LogP contribution in [0, 0.1) is 0 Å². The van der Waals surface area contributed by atoms with Crippen LogP contribution in [0.25, 0.3) is 10.9 Å². The lowest BCUT2D eigenvalue weighted by Crippen LogP contribution is -2.15. The molecule has 1 heterocycles. The molecule has 1 amide bonds. The highest BCUT2D eigenvalue weighted by Gasteiger charge is 2.31. The Morgan fingerprint density at radius 1 is 1.48 bits per heavy atom. The van der Waals surface area contributed by atoms with Gasteiger partial charge in [-0.05, 0) is 25.1 Å². The van der Waals surface area contributed by atoms with Crippen molar-refractivity contribution < 1.29 is 27.5 Å². The van der Waals surface area contributed by atoms with Gasteiger partial charge >= 0.3 is 12.3 Å². The van der Waals surface area contributed by atoms with Crippen molar-refractivity contribution in [2.75, 3.05) is 11.9 Å². The number of hydrogen-bond donors (Lipinski definition) is 1. The SMILES string of the molecule is CCOC(=O)n1nc(NC=O)c2cc(C(F)(F)F)ccc21. The normalized spacial score (nSPS) is 11.4. The molecule has 2 rings (SSSR count). The van der Waals surface area contributed by atoms with Gasteiger partial charge in [0.1, 0.15) is 0 Å². The van der Waals surface area contributed by atoms with Crippen LogP contribution < -0.4 is 5.32 Å².